The number of methoxy groups -OCH3 is 1. The smallest absolute Gasteiger partial charge is 0.321 e. The fourth-order valence-electron chi connectivity index (χ4n) is 2.11. The van der Waals surface area contributed by atoms with Crippen molar-refractivity contribution in [1.82, 2.24) is 5.32 Å². The molecule has 2 amide bonds. The van der Waals surface area contributed by atoms with Gasteiger partial charge in [0.1, 0.15) is 0 Å². The van der Waals surface area contributed by atoms with Gasteiger partial charge in [-0.15, -0.1) is 0 Å². The lowest BCUT2D eigenvalue weighted by atomic mass is 10.1. The van der Waals surface area contributed by atoms with Crippen molar-refractivity contribution in [2.45, 2.75) is 25.9 Å². The number of ether oxygens (including phenoxy) is 1. The number of anilines is 2. The maximum Gasteiger partial charge on any atom is 0.321 e. The average molecular weight is 277 g/mol. The fourth-order valence-corrected chi connectivity index (χ4v) is 2.11. The number of benzene rings is 1. The average Bonchev–Trinajstić information content (AvgIpc) is 2.85. The van der Waals surface area contributed by atoms with Crippen LogP contribution in [0.1, 0.15) is 20.3 Å². The predicted octanol–water partition coefficient (Wildman–Crippen LogP) is 2.44. The highest BCUT2D eigenvalue weighted by molar-refractivity contribution is 5.94. The van der Waals surface area contributed by atoms with E-state index < -0.39 is 0 Å². The molecule has 0 aliphatic carbocycles. The molecule has 5 heteroatoms. The van der Waals surface area contributed by atoms with Gasteiger partial charge in [-0.1, -0.05) is 6.07 Å². The van der Waals surface area contributed by atoms with Crippen LogP contribution >= 0.6 is 0 Å². The molecule has 0 bridgehead atoms. The quantitative estimate of drug-likeness (QED) is 0.839. The fraction of sp³-hybridized carbons (Fsp3) is 0.533. The van der Waals surface area contributed by atoms with Crippen molar-refractivity contribution in [2.24, 2.45) is 0 Å². The first kappa shape index (κ1) is 14.7. The summed E-state index contributed by atoms with van der Waals surface area (Å²) in [7, 11) is 1.73. The van der Waals surface area contributed by atoms with Crippen LogP contribution in [0.2, 0.25) is 0 Å². The second-order valence-corrected chi connectivity index (χ2v) is 5.57. The van der Waals surface area contributed by atoms with E-state index in [0.29, 0.717) is 6.54 Å². The first-order valence-corrected chi connectivity index (χ1v) is 6.96. The molecule has 20 heavy (non-hydrogen) atoms. The zero-order valence-corrected chi connectivity index (χ0v) is 12.4. The van der Waals surface area contributed by atoms with Crippen LogP contribution in [0, 0.1) is 0 Å². The molecule has 2 rings (SSSR count). The van der Waals surface area contributed by atoms with Gasteiger partial charge >= 0.3 is 6.03 Å². The van der Waals surface area contributed by atoms with E-state index in [1.165, 1.54) is 0 Å². The number of hydrogen-bond acceptors (Lipinski definition) is 3. The Hall–Kier alpha value is -1.75. The molecule has 2 N–H and O–H groups in total. The van der Waals surface area contributed by atoms with Gasteiger partial charge in [-0.25, -0.2) is 4.79 Å². The molecule has 0 radical (unpaired) electrons. The van der Waals surface area contributed by atoms with Crippen LogP contribution in [0.4, 0.5) is 16.2 Å². The Labute approximate surface area is 120 Å². The summed E-state index contributed by atoms with van der Waals surface area (Å²) in [5, 5.41) is 6.18. The third-order valence-electron chi connectivity index (χ3n) is 3.62. The number of nitrogens with zero attached hydrogens (tertiary/aromatic N) is 1. The number of amides is 2. The normalized spacial score (nSPS) is 15.3. The molecule has 0 unspecified atom stereocenters. The van der Waals surface area contributed by atoms with E-state index in [2.05, 4.69) is 24.5 Å². The second-order valence-electron chi connectivity index (χ2n) is 5.57. The molecule has 0 spiro atoms. The highest BCUT2D eigenvalue weighted by Crippen LogP contribution is 2.21. The Bertz CT molecular complexity index is 474. The van der Waals surface area contributed by atoms with Crippen molar-refractivity contribution in [3.63, 3.8) is 0 Å². The maximum atomic E-state index is 11.6. The molecular formula is C15H23N3O2. The summed E-state index contributed by atoms with van der Waals surface area (Å²) in [4.78, 5) is 13.4. The van der Waals surface area contributed by atoms with Gasteiger partial charge < -0.3 is 15.4 Å². The van der Waals surface area contributed by atoms with Crippen molar-refractivity contribution < 1.29 is 9.53 Å². The Balaban J connectivity index is 1.94. The standard InChI is InChI=1S/C15H23N3O2/c1-15(2,20-3)7-8-16-12-5-4-6-13(11-12)18-10-9-17-14(18)19/h4-6,11,16H,7-10H2,1-3H3,(H,17,19). The summed E-state index contributed by atoms with van der Waals surface area (Å²) in [6, 6.07) is 7.91. The van der Waals surface area contributed by atoms with Crippen LogP contribution in [0.3, 0.4) is 0 Å². The molecular weight excluding hydrogens is 254 g/mol. The van der Waals surface area contributed by atoms with Gasteiger partial charge in [0.2, 0.25) is 0 Å². The van der Waals surface area contributed by atoms with Gasteiger partial charge in [0.05, 0.1) is 5.60 Å². The van der Waals surface area contributed by atoms with E-state index >= 15 is 0 Å². The van der Waals surface area contributed by atoms with Crippen molar-refractivity contribution in [3.05, 3.63) is 24.3 Å². The molecule has 1 saturated heterocycles. The number of rotatable bonds is 6. The first-order valence-electron chi connectivity index (χ1n) is 6.96. The van der Waals surface area contributed by atoms with Gasteiger partial charge in [0.25, 0.3) is 0 Å². The summed E-state index contributed by atoms with van der Waals surface area (Å²) in [6.07, 6.45) is 0.915. The number of carbonyl (C=O) groups is 1. The minimum absolute atomic E-state index is 0.0253. The van der Waals surface area contributed by atoms with Gasteiger partial charge in [0, 0.05) is 38.1 Å². The Morgan fingerprint density at radius 3 is 2.90 bits per heavy atom. The molecule has 1 aromatic rings. The Kier molecular flexibility index (Phi) is 4.49. The van der Waals surface area contributed by atoms with Crippen LogP contribution in [0.5, 0.6) is 0 Å². The zero-order chi connectivity index (χ0) is 14.6. The third-order valence-corrected chi connectivity index (χ3v) is 3.62. The van der Waals surface area contributed by atoms with E-state index in [-0.39, 0.29) is 11.6 Å². The summed E-state index contributed by atoms with van der Waals surface area (Å²) < 4.78 is 5.39. The third kappa shape index (κ3) is 3.63. The number of urea groups is 1. The van der Waals surface area contributed by atoms with Crippen molar-refractivity contribution in [3.8, 4) is 0 Å². The minimum atomic E-state index is -0.126. The van der Waals surface area contributed by atoms with E-state index in [4.69, 9.17) is 4.74 Å². The van der Waals surface area contributed by atoms with E-state index in [1.54, 1.807) is 12.0 Å². The lowest BCUT2D eigenvalue weighted by molar-refractivity contribution is 0.0185. The van der Waals surface area contributed by atoms with E-state index in [1.807, 2.05) is 24.3 Å². The Morgan fingerprint density at radius 2 is 2.25 bits per heavy atom. The SMILES string of the molecule is COC(C)(C)CCNc1cccc(N2CCNC2=O)c1. The van der Waals surface area contributed by atoms with Crippen molar-refractivity contribution in [2.75, 3.05) is 37.0 Å². The number of carbonyl (C=O) groups excluding carboxylic acids is 1. The summed E-state index contributed by atoms with van der Waals surface area (Å²) >= 11 is 0. The monoisotopic (exact) mass is 277 g/mol. The molecule has 1 heterocycles. The molecule has 1 aromatic carbocycles. The summed E-state index contributed by atoms with van der Waals surface area (Å²) in [6.45, 7) is 6.40. The van der Waals surface area contributed by atoms with Crippen LogP contribution in [-0.4, -0.2) is 38.4 Å². The Morgan fingerprint density at radius 1 is 1.45 bits per heavy atom. The van der Waals surface area contributed by atoms with Crippen molar-refractivity contribution >= 4 is 17.4 Å². The van der Waals surface area contributed by atoms with Gasteiger partial charge in [-0.2, -0.15) is 0 Å². The first-order chi connectivity index (χ1) is 9.52. The second kappa shape index (κ2) is 6.13. The molecule has 0 saturated carbocycles. The molecule has 0 aromatic heterocycles. The lowest BCUT2D eigenvalue weighted by Gasteiger charge is -2.23. The number of nitrogens with one attached hydrogen (secondary N) is 2. The largest absolute Gasteiger partial charge is 0.385 e. The van der Waals surface area contributed by atoms with Crippen LogP contribution < -0.4 is 15.5 Å². The topological polar surface area (TPSA) is 53.6 Å². The molecule has 1 fully saturated rings. The molecule has 0 atom stereocenters. The van der Waals surface area contributed by atoms with E-state index in [0.717, 1.165) is 30.9 Å². The highest BCUT2D eigenvalue weighted by atomic mass is 16.5. The maximum absolute atomic E-state index is 11.6. The van der Waals surface area contributed by atoms with Gasteiger partial charge in [-0.05, 0) is 38.5 Å². The highest BCUT2D eigenvalue weighted by Gasteiger charge is 2.21. The van der Waals surface area contributed by atoms with Crippen LogP contribution in [0.15, 0.2) is 24.3 Å². The molecule has 5 nitrogen and oxygen atoms in total. The van der Waals surface area contributed by atoms with Crippen LogP contribution in [0.25, 0.3) is 0 Å². The molecule has 110 valence electrons. The van der Waals surface area contributed by atoms with Gasteiger partial charge in [0.15, 0.2) is 0 Å². The molecule has 1 aliphatic rings. The predicted molar refractivity (Wildman–Crippen MR) is 81.4 cm³/mol. The van der Waals surface area contributed by atoms with E-state index in [9.17, 15) is 4.79 Å². The summed E-state index contributed by atoms with van der Waals surface area (Å²) in [5.74, 6) is 0. The van der Waals surface area contributed by atoms with Crippen molar-refractivity contribution in [1.29, 1.82) is 0 Å². The minimum Gasteiger partial charge on any atom is -0.385 e. The molecule has 1 aliphatic heterocycles. The van der Waals surface area contributed by atoms with Gasteiger partial charge in [-0.3, -0.25) is 4.90 Å². The zero-order valence-electron chi connectivity index (χ0n) is 12.4. The lowest BCUT2D eigenvalue weighted by Crippen LogP contribution is -2.27. The van der Waals surface area contributed by atoms with Crippen LogP contribution in [-0.2, 0) is 4.74 Å². The summed E-state index contributed by atoms with van der Waals surface area (Å²) in [5.41, 5.74) is 1.82. The number of hydrogen-bond donors (Lipinski definition) is 2.